The lowest BCUT2D eigenvalue weighted by Gasteiger charge is -2.36. The summed E-state index contributed by atoms with van der Waals surface area (Å²) < 4.78 is 37.3. The Balaban J connectivity index is 1.27. The number of anilines is 1. The number of amides is 2. The third kappa shape index (κ3) is 7.50. The molecular weight excluding hydrogens is 493 g/mol. The Kier molecular flexibility index (Phi) is 8.93. The zero-order valence-electron chi connectivity index (χ0n) is 22.2. The fraction of sp³-hybridized carbons (Fsp3) is 0.500. The van der Waals surface area contributed by atoms with Crippen LogP contribution in [0.1, 0.15) is 26.3 Å². The van der Waals surface area contributed by atoms with Crippen molar-refractivity contribution in [3.05, 3.63) is 59.9 Å². The number of ether oxygens (including phenoxy) is 4. The zero-order valence-corrected chi connectivity index (χ0v) is 22.2. The quantitative estimate of drug-likeness (QED) is 0.552. The van der Waals surface area contributed by atoms with Gasteiger partial charge in [-0.15, -0.1) is 0 Å². The zero-order chi connectivity index (χ0) is 27.1. The Morgan fingerprint density at radius 1 is 1.00 bits per heavy atom. The topological polar surface area (TPSA) is 80.8 Å². The van der Waals surface area contributed by atoms with Crippen molar-refractivity contribution < 1.29 is 32.9 Å². The SMILES string of the molecule is CC(C)(C)OC(=O)N1CCOCC1COc1ccc(N2CCN(C(=O)OCc3ccccc3)CC2)c(F)c1. The van der Waals surface area contributed by atoms with Gasteiger partial charge in [-0.1, -0.05) is 30.3 Å². The van der Waals surface area contributed by atoms with Gasteiger partial charge in [0.15, 0.2) is 0 Å². The number of hydrogen-bond acceptors (Lipinski definition) is 7. The number of carbonyl (C=O) groups is 2. The highest BCUT2D eigenvalue weighted by Gasteiger charge is 2.31. The van der Waals surface area contributed by atoms with E-state index in [0.29, 0.717) is 57.4 Å². The first-order valence-electron chi connectivity index (χ1n) is 12.9. The van der Waals surface area contributed by atoms with Gasteiger partial charge in [0.25, 0.3) is 0 Å². The highest BCUT2D eigenvalue weighted by Crippen LogP contribution is 2.26. The Bertz CT molecular complexity index is 1090. The molecule has 2 heterocycles. The predicted molar refractivity (Wildman–Crippen MR) is 140 cm³/mol. The fourth-order valence-corrected chi connectivity index (χ4v) is 4.32. The summed E-state index contributed by atoms with van der Waals surface area (Å²) >= 11 is 0. The first kappa shape index (κ1) is 27.5. The number of rotatable bonds is 6. The van der Waals surface area contributed by atoms with E-state index in [9.17, 15) is 9.59 Å². The van der Waals surface area contributed by atoms with Crippen molar-refractivity contribution in [1.82, 2.24) is 9.80 Å². The molecule has 2 aliphatic heterocycles. The maximum atomic E-state index is 15.0. The second-order valence-electron chi connectivity index (χ2n) is 10.3. The van der Waals surface area contributed by atoms with Gasteiger partial charge in [-0.3, -0.25) is 4.90 Å². The molecular formula is C28H36FN3O6. The molecule has 38 heavy (non-hydrogen) atoms. The average Bonchev–Trinajstić information content (AvgIpc) is 2.90. The molecule has 1 atom stereocenters. The highest BCUT2D eigenvalue weighted by atomic mass is 19.1. The summed E-state index contributed by atoms with van der Waals surface area (Å²) in [4.78, 5) is 30.1. The number of piperazine rings is 1. The van der Waals surface area contributed by atoms with Crippen molar-refractivity contribution in [3.8, 4) is 5.75 Å². The van der Waals surface area contributed by atoms with Gasteiger partial charge in [-0.05, 0) is 38.5 Å². The lowest BCUT2D eigenvalue weighted by molar-refractivity contribution is -0.0418. The lowest BCUT2D eigenvalue weighted by Crippen LogP contribution is -2.52. The summed E-state index contributed by atoms with van der Waals surface area (Å²) in [6.07, 6.45) is -0.788. The van der Waals surface area contributed by atoms with Gasteiger partial charge in [0.2, 0.25) is 0 Å². The summed E-state index contributed by atoms with van der Waals surface area (Å²) in [5, 5.41) is 0. The molecule has 0 aromatic heterocycles. The van der Waals surface area contributed by atoms with Crippen molar-refractivity contribution in [1.29, 1.82) is 0 Å². The Morgan fingerprint density at radius 2 is 1.74 bits per heavy atom. The van der Waals surface area contributed by atoms with Crippen molar-refractivity contribution in [3.63, 3.8) is 0 Å². The van der Waals surface area contributed by atoms with E-state index in [0.717, 1.165) is 5.56 Å². The van der Waals surface area contributed by atoms with Crippen LogP contribution < -0.4 is 9.64 Å². The molecule has 0 radical (unpaired) electrons. The molecule has 2 aromatic carbocycles. The Morgan fingerprint density at radius 3 is 2.42 bits per heavy atom. The van der Waals surface area contributed by atoms with Gasteiger partial charge < -0.3 is 28.7 Å². The average molecular weight is 530 g/mol. The maximum absolute atomic E-state index is 15.0. The molecule has 2 saturated heterocycles. The van der Waals surface area contributed by atoms with E-state index in [1.807, 2.05) is 56.0 Å². The number of halogens is 1. The van der Waals surface area contributed by atoms with Crippen LogP contribution in [0.3, 0.4) is 0 Å². The molecule has 206 valence electrons. The molecule has 0 N–H and O–H groups in total. The van der Waals surface area contributed by atoms with E-state index in [4.69, 9.17) is 18.9 Å². The van der Waals surface area contributed by atoms with Crippen LogP contribution in [0.25, 0.3) is 0 Å². The predicted octanol–water partition coefficient (Wildman–Crippen LogP) is 4.30. The molecule has 0 saturated carbocycles. The van der Waals surface area contributed by atoms with E-state index in [-0.39, 0.29) is 25.3 Å². The van der Waals surface area contributed by atoms with Gasteiger partial charge in [-0.2, -0.15) is 0 Å². The smallest absolute Gasteiger partial charge is 0.410 e. The second-order valence-corrected chi connectivity index (χ2v) is 10.3. The normalized spacial score (nSPS) is 18.2. The second kappa shape index (κ2) is 12.3. The van der Waals surface area contributed by atoms with Crippen LogP contribution in [0, 0.1) is 5.82 Å². The van der Waals surface area contributed by atoms with Gasteiger partial charge >= 0.3 is 12.2 Å². The molecule has 2 aliphatic rings. The van der Waals surface area contributed by atoms with Crippen molar-refractivity contribution >= 4 is 17.9 Å². The van der Waals surface area contributed by atoms with Crippen LogP contribution in [0.5, 0.6) is 5.75 Å². The van der Waals surface area contributed by atoms with Crippen LogP contribution in [0.15, 0.2) is 48.5 Å². The van der Waals surface area contributed by atoms with E-state index in [1.165, 1.54) is 6.07 Å². The molecule has 0 spiro atoms. The fourth-order valence-electron chi connectivity index (χ4n) is 4.32. The minimum absolute atomic E-state index is 0.155. The molecule has 2 fully saturated rings. The van der Waals surface area contributed by atoms with Crippen LogP contribution in [0.2, 0.25) is 0 Å². The summed E-state index contributed by atoms with van der Waals surface area (Å²) in [6.45, 7) is 8.83. The molecule has 2 aromatic rings. The van der Waals surface area contributed by atoms with Gasteiger partial charge in [0.05, 0.1) is 24.9 Å². The van der Waals surface area contributed by atoms with Crippen molar-refractivity contribution in [2.75, 3.05) is 57.4 Å². The number of benzene rings is 2. The number of nitrogens with zero attached hydrogens (tertiary/aromatic N) is 3. The standard InChI is InChI=1S/C28H36FN3O6/c1-28(2,3)38-27(34)32-15-16-35-19-22(32)20-36-23-9-10-25(24(29)17-23)30-11-13-31(14-12-30)26(33)37-18-21-7-5-4-6-8-21/h4-10,17,22H,11-16,18-20H2,1-3H3. The third-order valence-corrected chi connectivity index (χ3v) is 6.30. The monoisotopic (exact) mass is 529 g/mol. The Hall–Kier alpha value is -3.53. The molecule has 10 heteroatoms. The molecule has 2 amide bonds. The molecule has 9 nitrogen and oxygen atoms in total. The largest absolute Gasteiger partial charge is 0.491 e. The van der Waals surface area contributed by atoms with Crippen LogP contribution in [-0.2, 0) is 20.8 Å². The van der Waals surface area contributed by atoms with Crippen LogP contribution in [-0.4, -0.2) is 86.2 Å². The van der Waals surface area contributed by atoms with Gasteiger partial charge in [-0.25, -0.2) is 14.0 Å². The number of hydrogen-bond donors (Lipinski definition) is 0. The summed E-state index contributed by atoms with van der Waals surface area (Å²) in [5.41, 5.74) is 0.775. The van der Waals surface area contributed by atoms with E-state index in [2.05, 4.69) is 0 Å². The minimum atomic E-state index is -0.603. The molecule has 1 unspecified atom stereocenters. The Labute approximate surface area is 223 Å². The maximum Gasteiger partial charge on any atom is 0.410 e. The summed E-state index contributed by atoms with van der Waals surface area (Å²) in [7, 11) is 0. The number of carbonyl (C=O) groups excluding carboxylic acids is 2. The summed E-state index contributed by atoms with van der Waals surface area (Å²) in [5.74, 6) is -0.0458. The van der Waals surface area contributed by atoms with E-state index < -0.39 is 17.5 Å². The molecule has 0 aliphatic carbocycles. The third-order valence-electron chi connectivity index (χ3n) is 6.30. The number of morpholine rings is 1. The van der Waals surface area contributed by atoms with Crippen LogP contribution >= 0.6 is 0 Å². The van der Waals surface area contributed by atoms with Crippen molar-refractivity contribution in [2.45, 2.75) is 39.0 Å². The van der Waals surface area contributed by atoms with E-state index >= 15 is 4.39 Å². The van der Waals surface area contributed by atoms with Gasteiger partial charge in [0.1, 0.15) is 30.4 Å². The first-order valence-corrected chi connectivity index (χ1v) is 12.9. The molecule has 0 bridgehead atoms. The van der Waals surface area contributed by atoms with Crippen molar-refractivity contribution in [2.24, 2.45) is 0 Å². The van der Waals surface area contributed by atoms with E-state index in [1.54, 1.807) is 21.9 Å². The van der Waals surface area contributed by atoms with Gasteiger partial charge in [0, 0.05) is 38.8 Å². The first-order chi connectivity index (χ1) is 18.2. The molecule has 4 rings (SSSR count). The minimum Gasteiger partial charge on any atom is -0.491 e. The summed E-state index contributed by atoms with van der Waals surface area (Å²) in [6, 6.07) is 13.9. The lowest BCUT2D eigenvalue weighted by atomic mass is 10.2. The van der Waals surface area contributed by atoms with Crippen LogP contribution in [0.4, 0.5) is 19.7 Å². The highest BCUT2D eigenvalue weighted by molar-refractivity contribution is 5.69.